The fourth-order valence-electron chi connectivity index (χ4n) is 4.65. The molecule has 4 heteroatoms. The molecule has 0 heterocycles. The number of carbonyl (C=O) groups excluding carboxylic acids is 2. The van der Waals surface area contributed by atoms with Gasteiger partial charge in [0.25, 0.3) is 0 Å². The van der Waals surface area contributed by atoms with Crippen LogP contribution < -0.4 is 10.6 Å². The zero-order valence-electron chi connectivity index (χ0n) is 12.1. The number of rotatable bonds is 3. The summed E-state index contributed by atoms with van der Waals surface area (Å²) in [6, 6.07) is 7.32. The number of carbonyl (C=O) groups is 2. The minimum Gasteiger partial charge on any atom is -0.335 e. The lowest BCUT2D eigenvalue weighted by Gasteiger charge is -2.12. The first-order valence-electron chi connectivity index (χ1n) is 7.82. The van der Waals surface area contributed by atoms with E-state index in [2.05, 4.69) is 10.6 Å². The number of hydrogen-bond acceptors (Lipinski definition) is 2. The lowest BCUT2D eigenvalue weighted by molar-refractivity contribution is 0.101. The Morgan fingerprint density at radius 3 is 2.52 bits per heavy atom. The van der Waals surface area contributed by atoms with E-state index < -0.39 is 0 Å². The highest BCUT2D eigenvalue weighted by atomic mass is 16.2. The van der Waals surface area contributed by atoms with Crippen LogP contribution in [0.4, 0.5) is 10.5 Å². The maximum absolute atomic E-state index is 12.1. The molecule has 0 radical (unpaired) electrons. The number of hydrogen-bond donors (Lipinski definition) is 2. The molecule has 0 aromatic heterocycles. The predicted octanol–water partition coefficient (Wildman–Crippen LogP) is 3.06. The third kappa shape index (κ3) is 2.13. The fraction of sp³-hybridized carbons (Fsp3) is 0.529. The van der Waals surface area contributed by atoms with E-state index >= 15 is 0 Å². The van der Waals surface area contributed by atoms with E-state index in [4.69, 9.17) is 0 Å². The molecule has 2 bridgehead atoms. The second-order valence-electron chi connectivity index (χ2n) is 6.75. The van der Waals surface area contributed by atoms with Gasteiger partial charge in [0.1, 0.15) is 0 Å². The van der Waals surface area contributed by atoms with Gasteiger partial charge in [-0.1, -0.05) is 12.1 Å². The first-order chi connectivity index (χ1) is 10.1. The summed E-state index contributed by atoms with van der Waals surface area (Å²) in [4.78, 5) is 23.5. The molecule has 2 N–H and O–H groups in total. The first kappa shape index (κ1) is 12.9. The average molecular weight is 284 g/mol. The van der Waals surface area contributed by atoms with Gasteiger partial charge in [-0.2, -0.15) is 0 Å². The molecule has 2 amide bonds. The Bertz CT molecular complexity index is 597. The van der Waals surface area contributed by atoms with E-state index in [1.165, 1.54) is 26.2 Å². The van der Waals surface area contributed by atoms with E-state index in [1.807, 2.05) is 6.07 Å². The van der Waals surface area contributed by atoms with Crippen LogP contribution in [-0.2, 0) is 0 Å². The molecule has 110 valence electrons. The van der Waals surface area contributed by atoms with Crippen molar-refractivity contribution in [2.75, 3.05) is 5.32 Å². The molecule has 0 saturated heterocycles. The molecular formula is C17H20N2O2. The largest absolute Gasteiger partial charge is 0.335 e. The van der Waals surface area contributed by atoms with Gasteiger partial charge in [-0.3, -0.25) is 4.79 Å². The maximum Gasteiger partial charge on any atom is 0.319 e. The number of benzene rings is 1. The Hall–Kier alpha value is -1.84. The lowest BCUT2D eigenvalue weighted by atomic mass is 10.0. The molecule has 4 rings (SSSR count). The topological polar surface area (TPSA) is 58.2 Å². The molecule has 3 aliphatic carbocycles. The van der Waals surface area contributed by atoms with Gasteiger partial charge in [0.2, 0.25) is 0 Å². The smallest absolute Gasteiger partial charge is 0.319 e. The molecule has 0 aliphatic heterocycles. The molecular weight excluding hydrogens is 264 g/mol. The summed E-state index contributed by atoms with van der Waals surface area (Å²) in [6.07, 6.45) is 4.09. The van der Waals surface area contributed by atoms with Gasteiger partial charge in [-0.15, -0.1) is 0 Å². The zero-order valence-corrected chi connectivity index (χ0v) is 12.1. The van der Waals surface area contributed by atoms with E-state index in [0.29, 0.717) is 17.3 Å². The van der Waals surface area contributed by atoms with Gasteiger partial charge < -0.3 is 10.6 Å². The van der Waals surface area contributed by atoms with Crippen molar-refractivity contribution in [3.8, 4) is 0 Å². The number of Topliss-reactive ketones (excluding diaryl/α,β-unsaturated/α-hetero) is 1. The van der Waals surface area contributed by atoms with Gasteiger partial charge in [-0.05, 0) is 62.0 Å². The summed E-state index contributed by atoms with van der Waals surface area (Å²) < 4.78 is 0. The molecule has 3 aliphatic rings. The normalized spacial score (nSPS) is 35.2. The number of anilines is 1. The highest BCUT2D eigenvalue weighted by Crippen LogP contribution is 2.65. The molecule has 1 aromatic rings. The Morgan fingerprint density at radius 1 is 1.14 bits per heavy atom. The van der Waals surface area contributed by atoms with Gasteiger partial charge in [0.15, 0.2) is 5.78 Å². The highest BCUT2D eigenvalue weighted by Gasteiger charge is 2.65. The highest BCUT2D eigenvalue weighted by molar-refractivity contribution is 5.96. The van der Waals surface area contributed by atoms with Crippen LogP contribution in [0.1, 0.15) is 36.5 Å². The molecule has 0 spiro atoms. The Balaban J connectivity index is 1.37. The number of fused-ring (bicyclic) bond motifs is 5. The number of nitrogens with one attached hydrogen (secondary N) is 2. The van der Waals surface area contributed by atoms with E-state index in [9.17, 15) is 9.59 Å². The van der Waals surface area contributed by atoms with Crippen molar-refractivity contribution in [1.82, 2.24) is 5.32 Å². The summed E-state index contributed by atoms with van der Waals surface area (Å²) in [5, 5.41) is 5.96. The monoisotopic (exact) mass is 284 g/mol. The maximum atomic E-state index is 12.1. The summed E-state index contributed by atoms with van der Waals surface area (Å²) in [5.74, 6) is 3.18. The van der Waals surface area contributed by atoms with Gasteiger partial charge >= 0.3 is 6.03 Å². The molecule has 21 heavy (non-hydrogen) atoms. The van der Waals surface area contributed by atoms with Crippen molar-refractivity contribution >= 4 is 17.5 Å². The van der Waals surface area contributed by atoms with E-state index in [-0.39, 0.29) is 11.8 Å². The van der Waals surface area contributed by atoms with E-state index in [0.717, 1.165) is 23.7 Å². The molecule has 3 saturated carbocycles. The van der Waals surface area contributed by atoms with Crippen LogP contribution in [0, 0.1) is 23.7 Å². The van der Waals surface area contributed by atoms with Crippen LogP contribution >= 0.6 is 0 Å². The van der Waals surface area contributed by atoms with Gasteiger partial charge in [-0.25, -0.2) is 4.79 Å². The number of ketones is 1. The number of urea groups is 1. The van der Waals surface area contributed by atoms with Gasteiger partial charge in [0, 0.05) is 17.3 Å². The third-order valence-electron chi connectivity index (χ3n) is 5.56. The van der Waals surface area contributed by atoms with Crippen molar-refractivity contribution in [1.29, 1.82) is 0 Å². The van der Waals surface area contributed by atoms with Crippen molar-refractivity contribution < 1.29 is 9.59 Å². The van der Waals surface area contributed by atoms with Crippen LogP contribution in [0.3, 0.4) is 0 Å². The quantitative estimate of drug-likeness (QED) is 0.838. The lowest BCUT2D eigenvalue weighted by Crippen LogP contribution is -2.33. The first-order valence-corrected chi connectivity index (χ1v) is 7.82. The minimum atomic E-state index is -0.144. The molecule has 4 unspecified atom stereocenters. The number of amides is 2. The summed E-state index contributed by atoms with van der Waals surface area (Å²) >= 11 is 0. The second-order valence-corrected chi connectivity index (χ2v) is 6.75. The molecule has 1 aromatic carbocycles. The Morgan fingerprint density at radius 2 is 1.86 bits per heavy atom. The zero-order chi connectivity index (χ0) is 14.6. The Labute approximate surface area is 124 Å². The van der Waals surface area contributed by atoms with Gasteiger partial charge in [0.05, 0.1) is 0 Å². The van der Waals surface area contributed by atoms with Crippen molar-refractivity contribution in [3.05, 3.63) is 29.8 Å². The van der Waals surface area contributed by atoms with Crippen molar-refractivity contribution in [2.24, 2.45) is 23.7 Å². The summed E-state index contributed by atoms with van der Waals surface area (Å²) in [6.45, 7) is 1.53. The van der Waals surface area contributed by atoms with Crippen LogP contribution in [0.25, 0.3) is 0 Å². The summed E-state index contributed by atoms with van der Waals surface area (Å²) in [7, 11) is 0. The van der Waals surface area contributed by atoms with Crippen molar-refractivity contribution in [2.45, 2.75) is 32.2 Å². The summed E-state index contributed by atoms with van der Waals surface area (Å²) in [5.41, 5.74) is 1.29. The fourth-order valence-corrected chi connectivity index (χ4v) is 4.65. The van der Waals surface area contributed by atoms with Crippen LogP contribution in [-0.4, -0.2) is 17.9 Å². The van der Waals surface area contributed by atoms with E-state index in [1.54, 1.807) is 18.2 Å². The predicted molar refractivity (Wildman–Crippen MR) is 80.2 cm³/mol. The van der Waals surface area contributed by atoms with Crippen LogP contribution in [0.15, 0.2) is 24.3 Å². The third-order valence-corrected chi connectivity index (χ3v) is 5.56. The SMILES string of the molecule is CC(=O)c1cccc(NC(=O)NC2C3C4CCC(C4)C23)c1. The molecule has 4 nitrogen and oxygen atoms in total. The van der Waals surface area contributed by atoms with Crippen LogP contribution in [0.5, 0.6) is 0 Å². The average Bonchev–Trinajstić information content (AvgIpc) is 2.84. The minimum absolute atomic E-state index is 0.00681. The standard InChI is InChI=1S/C17H20N2O2/c1-9(20)10-3-2-4-13(8-10)18-17(21)19-16-14-11-5-6-12(7-11)15(14)16/h2-4,8,11-12,14-16H,5-7H2,1H3,(H2,18,19,21). The molecule has 3 fully saturated rings. The Kier molecular flexibility index (Phi) is 2.81. The van der Waals surface area contributed by atoms with Crippen molar-refractivity contribution in [3.63, 3.8) is 0 Å². The molecule has 4 atom stereocenters. The van der Waals surface area contributed by atoms with Crippen LogP contribution in [0.2, 0.25) is 0 Å². The second kappa shape index (κ2) is 4.58.